The zero-order valence-electron chi connectivity index (χ0n) is 9.60. The molecule has 0 radical (unpaired) electrons. The van der Waals surface area contributed by atoms with E-state index >= 15 is 0 Å². The van der Waals surface area contributed by atoms with Crippen LogP contribution in [-0.4, -0.2) is 26.3 Å². The molecule has 2 nitrogen and oxygen atoms in total. The molecule has 0 aliphatic carbocycles. The highest BCUT2D eigenvalue weighted by Gasteiger charge is 2.05. The Morgan fingerprint density at radius 2 is 1.92 bits per heavy atom. The molecule has 0 rings (SSSR count). The second-order valence-electron chi connectivity index (χ2n) is 4.08. The van der Waals surface area contributed by atoms with E-state index in [2.05, 4.69) is 26.1 Å². The number of hydrogen-bond donors (Lipinski definition) is 1. The second-order valence-corrected chi connectivity index (χ2v) is 4.08. The summed E-state index contributed by atoms with van der Waals surface area (Å²) < 4.78 is 5.15. The first-order chi connectivity index (χ1) is 6.20. The molecule has 0 bridgehead atoms. The van der Waals surface area contributed by atoms with Gasteiger partial charge in [-0.3, -0.25) is 0 Å². The van der Waals surface area contributed by atoms with E-state index in [0.717, 1.165) is 19.1 Å². The predicted octanol–water partition coefficient (Wildman–Crippen LogP) is 2.44. The van der Waals surface area contributed by atoms with Gasteiger partial charge in [0.2, 0.25) is 0 Å². The minimum atomic E-state index is 0.550. The van der Waals surface area contributed by atoms with Gasteiger partial charge in [0.25, 0.3) is 0 Å². The SMILES string of the molecule is CCCC(COC)NCCC(C)C. The fourth-order valence-electron chi connectivity index (χ4n) is 1.37. The van der Waals surface area contributed by atoms with Gasteiger partial charge in [0.05, 0.1) is 6.61 Å². The lowest BCUT2D eigenvalue weighted by Gasteiger charge is -2.17. The first kappa shape index (κ1) is 12.9. The van der Waals surface area contributed by atoms with Crippen LogP contribution in [0.4, 0.5) is 0 Å². The first-order valence-electron chi connectivity index (χ1n) is 5.43. The standard InChI is InChI=1S/C11H25NO/c1-5-6-11(9-13-4)12-8-7-10(2)3/h10-12H,5-9H2,1-4H3. The molecule has 13 heavy (non-hydrogen) atoms. The number of nitrogens with one attached hydrogen (secondary N) is 1. The molecular weight excluding hydrogens is 162 g/mol. The summed E-state index contributed by atoms with van der Waals surface area (Å²) in [6.45, 7) is 8.68. The van der Waals surface area contributed by atoms with Gasteiger partial charge >= 0.3 is 0 Å². The number of rotatable bonds is 8. The zero-order valence-corrected chi connectivity index (χ0v) is 9.60. The highest BCUT2D eigenvalue weighted by Crippen LogP contribution is 2.00. The third-order valence-corrected chi connectivity index (χ3v) is 2.16. The summed E-state index contributed by atoms with van der Waals surface area (Å²) >= 11 is 0. The van der Waals surface area contributed by atoms with Crippen LogP contribution in [0.2, 0.25) is 0 Å². The fraction of sp³-hybridized carbons (Fsp3) is 1.00. The van der Waals surface area contributed by atoms with Gasteiger partial charge in [-0.05, 0) is 25.3 Å². The molecule has 2 heteroatoms. The molecule has 0 aromatic heterocycles. The van der Waals surface area contributed by atoms with Crippen LogP contribution in [0.15, 0.2) is 0 Å². The Labute approximate surface area is 83.1 Å². The quantitative estimate of drug-likeness (QED) is 0.630. The Morgan fingerprint density at radius 3 is 2.38 bits per heavy atom. The molecule has 1 atom stereocenters. The van der Waals surface area contributed by atoms with Gasteiger partial charge in [-0.15, -0.1) is 0 Å². The van der Waals surface area contributed by atoms with Gasteiger partial charge in [-0.2, -0.15) is 0 Å². The summed E-state index contributed by atoms with van der Waals surface area (Å²) in [6.07, 6.45) is 3.69. The lowest BCUT2D eigenvalue weighted by Crippen LogP contribution is -2.34. The summed E-state index contributed by atoms with van der Waals surface area (Å²) in [6, 6.07) is 0.550. The van der Waals surface area contributed by atoms with Crippen LogP contribution in [0.5, 0.6) is 0 Å². The van der Waals surface area contributed by atoms with Crippen molar-refractivity contribution in [3.63, 3.8) is 0 Å². The summed E-state index contributed by atoms with van der Waals surface area (Å²) in [4.78, 5) is 0. The number of ether oxygens (including phenoxy) is 1. The lowest BCUT2D eigenvalue weighted by atomic mass is 10.1. The normalized spacial score (nSPS) is 13.6. The van der Waals surface area contributed by atoms with E-state index in [4.69, 9.17) is 4.74 Å². The molecule has 0 aliphatic heterocycles. The van der Waals surface area contributed by atoms with E-state index in [-0.39, 0.29) is 0 Å². The van der Waals surface area contributed by atoms with Gasteiger partial charge in [0.1, 0.15) is 0 Å². The number of hydrogen-bond acceptors (Lipinski definition) is 2. The summed E-state index contributed by atoms with van der Waals surface area (Å²) in [5, 5.41) is 3.53. The molecule has 0 fully saturated rings. The monoisotopic (exact) mass is 187 g/mol. The van der Waals surface area contributed by atoms with Crippen molar-refractivity contribution in [2.75, 3.05) is 20.3 Å². The Balaban J connectivity index is 3.44. The molecule has 0 spiro atoms. The Morgan fingerprint density at radius 1 is 1.23 bits per heavy atom. The van der Waals surface area contributed by atoms with E-state index < -0.39 is 0 Å². The molecule has 0 aliphatic rings. The predicted molar refractivity (Wildman–Crippen MR) is 58.0 cm³/mol. The van der Waals surface area contributed by atoms with Gasteiger partial charge in [0.15, 0.2) is 0 Å². The minimum Gasteiger partial charge on any atom is -0.383 e. The summed E-state index contributed by atoms with van der Waals surface area (Å²) in [5.74, 6) is 0.789. The van der Waals surface area contributed by atoms with Crippen molar-refractivity contribution in [1.29, 1.82) is 0 Å². The first-order valence-corrected chi connectivity index (χ1v) is 5.43. The van der Waals surface area contributed by atoms with Crippen molar-refractivity contribution < 1.29 is 4.74 Å². The summed E-state index contributed by atoms with van der Waals surface area (Å²) in [5.41, 5.74) is 0. The van der Waals surface area contributed by atoms with Crippen LogP contribution >= 0.6 is 0 Å². The van der Waals surface area contributed by atoms with Crippen LogP contribution in [0.25, 0.3) is 0 Å². The molecule has 0 amide bonds. The van der Waals surface area contributed by atoms with Crippen LogP contribution < -0.4 is 5.32 Å². The average Bonchev–Trinajstić information content (AvgIpc) is 2.04. The van der Waals surface area contributed by atoms with E-state index in [9.17, 15) is 0 Å². The average molecular weight is 187 g/mol. The maximum Gasteiger partial charge on any atom is 0.0615 e. The highest BCUT2D eigenvalue weighted by molar-refractivity contribution is 4.65. The maximum atomic E-state index is 5.15. The highest BCUT2D eigenvalue weighted by atomic mass is 16.5. The smallest absolute Gasteiger partial charge is 0.0615 e. The van der Waals surface area contributed by atoms with Gasteiger partial charge in [-0.1, -0.05) is 27.2 Å². The van der Waals surface area contributed by atoms with Gasteiger partial charge < -0.3 is 10.1 Å². The molecule has 0 saturated carbocycles. The van der Waals surface area contributed by atoms with E-state index in [1.165, 1.54) is 19.3 Å². The molecule has 80 valence electrons. The summed E-state index contributed by atoms with van der Waals surface area (Å²) in [7, 11) is 1.77. The Kier molecular flexibility index (Phi) is 8.46. The largest absolute Gasteiger partial charge is 0.383 e. The van der Waals surface area contributed by atoms with Crippen LogP contribution in [0.1, 0.15) is 40.0 Å². The molecule has 0 aromatic rings. The Hall–Kier alpha value is -0.0800. The van der Waals surface area contributed by atoms with Crippen molar-refractivity contribution in [1.82, 2.24) is 5.32 Å². The second kappa shape index (κ2) is 8.52. The molecule has 0 saturated heterocycles. The lowest BCUT2D eigenvalue weighted by molar-refractivity contribution is 0.161. The number of methoxy groups -OCH3 is 1. The Bertz CT molecular complexity index is 98.3. The van der Waals surface area contributed by atoms with Crippen LogP contribution in [0.3, 0.4) is 0 Å². The van der Waals surface area contributed by atoms with E-state index in [1.807, 2.05) is 0 Å². The van der Waals surface area contributed by atoms with Crippen molar-refractivity contribution in [2.24, 2.45) is 5.92 Å². The van der Waals surface area contributed by atoms with Crippen LogP contribution in [-0.2, 0) is 4.74 Å². The maximum absolute atomic E-state index is 5.15. The van der Waals surface area contributed by atoms with Gasteiger partial charge in [-0.25, -0.2) is 0 Å². The zero-order chi connectivity index (χ0) is 10.1. The third kappa shape index (κ3) is 8.26. The third-order valence-electron chi connectivity index (χ3n) is 2.16. The molecule has 1 unspecified atom stereocenters. The molecule has 0 heterocycles. The van der Waals surface area contributed by atoms with E-state index in [0.29, 0.717) is 6.04 Å². The topological polar surface area (TPSA) is 21.3 Å². The van der Waals surface area contributed by atoms with Crippen molar-refractivity contribution in [3.05, 3.63) is 0 Å². The van der Waals surface area contributed by atoms with Crippen molar-refractivity contribution in [3.8, 4) is 0 Å². The fourth-order valence-corrected chi connectivity index (χ4v) is 1.37. The molecule has 1 N–H and O–H groups in total. The van der Waals surface area contributed by atoms with Crippen molar-refractivity contribution >= 4 is 0 Å². The van der Waals surface area contributed by atoms with E-state index in [1.54, 1.807) is 7.11 Å². The molecular formula is C11H25NO. The minimum absolute atomic E-state index is 0.550. The van der Waals surface area contributed by atoms with Crippen LogP contribution in [0, 0.1) is 5.92 Å². The van der Waals surface area contributed by atoms with Crippen molar-refractivity contribution in [2.45, 2.75) is 46.1 Å². The van der Waals surface area contributed by atoms with Gasteiger partial charge in [0, 0.05) is 13.2 Å². The molecule has 0 aromatic carbocycles.